The van der Waals surface area contributed by atoms with Crippen molar-refractivity contribution in [3.8, 4) is 0 Å². The van der Waals surface area contributed by atoms with Crippen LogP contribution in [-0.4, -0.2) is 24.5 Å². The van der Waals surface area contributed by atoms with E-state index in [1.165, 1.54) is 19.3 Å². The van der Waals surface area contributed by atoms with Gasteiger partial charge in [0.25, 0.3) is 0 Å². The zero-order valence-electron chi connectivity index (χ0n) is 12.6. The standard InChI is InChI=1S/C15H28NO3/c1-15(2,3)19-14(18)16-12-10-8-6-4-5-7-9-11-13-17/h4-12H2,1-3H3,(H,16,18). The zero-order valence-corrected chi connectivity index (χ0v) is 12.6. The third-order valence-corrected chi connectivity index (χ3v) is 2.62. The smallest absolute Gasteiger partial charge is 0.407 e. The quantitative estimate of drug-likeness (QED) is 0.615. The third kappa shape index (κ3) is 14.9. The predicted octanol–water partition coefficient (Wildman–Crippen LogP) is 3.74. The first-order chi connectivity index (χ1) is 8.95. The molecule has 0 rings (SSSR count). The van der Waals surface area contributed by atoms with Crippen LogP contribution in [0.25, 0.3) is 0 Å². The Hall–Kier alpha value is -1.06. The van der Waals surface area contributed by atoms with Gasteiger partial charge >= 0.3 is 6.09 Å². The molecule has 19 heavy (non-hydrogen) atoms. The summed E-state index contributed by atoms with van der Waals surface area (Å²) in [6.07, 6.45) is 9.89. The molecular formula is C15H28NO3. The van der Waals surface area contributed by atoms with E-state index in [2.05, 4.69) is 5.32 Å². The number of hydrogen-bond donors (Lipinski definition) is 1. The number of hydrogen-bond acceptors (Lipinski definition) is 3. The van der Waals surface area contributed by atoms with Gasteiger partial charge in [-0.05, 0) is 33.6 Å². The molecule has 0 fully saturated rings. The van der Waals surface area contributed by atoms with Crippen molar-refractivity contribution in [1.82, 2.24) is 5.32 Å². The summed E-state index contributed by atoms with van der Waals surface area (Å²) < 4.78 is 5.14. The maximum absolute atomic E-state index is 11.3. The van der Waals surface area contributed by atoms with Crippen LogP contribution in [0.1, 0.15) is 72.1 Å². The maximum Gasteiger partial charge on any atom is 0.407 e. The molecule has 0 spiro atoms. The average molecular weight is 270 g/mol. The van der Waals surface area contributed by atoms with Gasteiger partial charge in [0, 0.05) is 13.0 Å². The Morgan fingerprint density at radius 2 is 1.53 bits per heavy atom. The third-order valence-electron chi connectivity index (χ3n) is 2.62. The maximum atomic E-state index is 11.3. The Balaban J connectivity index is 3.23. The van der Waals surface area contributed by atoms with Crippen LogP contribution in [0.2, 0.25) is 0 Å². The highest BCUT2D eigenvalue weighted by Crippen LogP contribution is 2.08. The van der Waals surface area contributed by atoms with E-state index in [0.29, 0.717) is 13.0 Å². The van der Waals surface area contributed by atoms with Crippen LogP contribution in [0, 0.1) is 0 Å². The molecule has 1 N–H and O–H groups in total. The predicted molar refractivity (Wildman–Crippen MR) is 76.9 cm³/mol. The summed E-state index contributed by atoms with van der Waals surface area (Å²) in [4.78, 5) is 21.3. The Labute approximate surface area is 117 Å². The number of nitrogens with one attached hydrogen (secondary N) is 1. The van der Waals surface area contributed by atoms with E-state index in [9.17, 15) is 9.59 Å². The molecule has 1 radical (unpaired) electrons. The van der Waals surface area contributed by atoms with Crippen molar-refractivity contribution in [1.29, 1.82) is 0 Å². The topological polar surface area (TPSA) is 55.4 Å². The lowest BCUT2D eigenvalue weighted by Crippen LogP contribution is -2.32. The first-order valence-electron chi connectivity index (χ1n) is 7.27. The van der Waals surface area contributed by atoms with Crippen LogP contribution in [0.3, 0.4) is 0 Å². The molecule has 4 heteroatoms. The number of carbonyl (C=O) groups is 1. The summed E-state index contributed by atoms with van der Waals surface area (Å²) >= 11 is 0. The molecule has 111 valence electrons. The van der Waals surface area contributed by atoms with Gasteiger partial charge in [-0.25, -0.2) is 4.79 Å². The van der Waals surface area contributed by atoms with Crippen molar-refractivity contribution in [3.63, 3.8) is 0 Å². The second-order valence-corrected chi connectivity index (χ2v) is 5.80. The van der Waals surface area contributed by atoms with E-state index in [-0.39, 0.29) is 6.09 Å². The fraction of sp³-hybridized carbons (Fsp3) is 0.867. The van der Waals surface area contributed by atoms with Crippen LogP contribution in [-0.2, 0) is 9.53 Å². The molecule has 0 aromatic rings. The Morgan fingerprint density at radius 1 is 1.00 bits per heavy atom. The van der Waals surface area contributed by atoms with Gasteiger partial charge < -0.3 is 10.1 Å². The number of unbranched alkanes of at least 4 members (excludes halogenated alkanes) is 7. The van der Waals surface area contributed by atoms with Crippen molar-refractivity contribution in [2.45, 2.75) is 77.7 Å². The van der Waals surface area contributed by atoms with Gasteiger partial charge in [0.1, 0.15) is 5.60 Å². The SMILES string of the molecule is CC(C)(C)OC(=O)NCCCCCCCCC[C]=O. The van der Waals surface area contributed by atoms with Crippen LogP contribution >= 0.6 is 0 Å². The van der Waals surface area contributed by atoms with E-state index in [1.807, 2.05) is 27.1 Å². The number of alkyl carbamates (subject to hydrolysis) is 1. The van der Waals surface area contributed by atoms with Gasteiger partial charge in [0.2, 0.25) is 0 Å². The van der Waals surface area contributed by atoms with Gasteiger partial charge in [-0.3, -0.25) is 4.79 Å². The van der Waals surface area contributed by atoms with Crippen LogP contribution in [0.5, 0.6) is 0 Å². The average Bonchev–Trinajstić information content (AvgIpc) is 2.29. The van der Waals surface area contributed by atoms with Crippen LogP contribution in [0.4, 0.5) is 4.79 Å². The summed E-state index contributed by atoms with van der Waals surface area (Å²) in [7, 11) is 0. The highest BCUT2D eigenvalue weighted by Gasteiger charge is 2.15. The number of carbonyl (C=O) groups excluding carboxylic acids is 2. The highest BCUT2D eigenvalue weighted by atomic mass is 16.6. The minimum absolute atomic E-state index is 0.336. The number of rotatable bonds is 10. The largest absolute Gasteiger partial charge is 0.444 e. The molecule has 0 heterocycles. The first-order valence-corrected chi connectivity index (χ1v) is 7.27. The van der Waals surface area contributed by atoms with Crippen molar-refractivity contribution in [3.05, 3.63) is 0 Å². The van der Waals surface area contributed by atoms with Gasteiger partial charge in [0.05, 0.1) is 0 Å². The van der Waals surface area contributed by atoms with E-state index in [1.54, 1.807) is 0 Å². The molecule has 0 aliphatic heterocycles. The van der Waals surface area contributed by atoms with Crippen molar-refractivity contribution >= 4 is 12.4 Å². The fourth-order valence-corrected chi connectivity index (χ4v) is 1.71. The molecule has 0 aromatic carbocycles. The van der Waals surface area contributed by atoms with E-state index < -0.39 is 5.60 Å². The van der Waals surface area contributed by atoms with Gasteiger partial charge in [-0.1, -0.05) is 32.1 Å². The lowest BCUT2D eigenvalue weighted by atomic mass is 10.1. The fourth-order valence-electron chi connectivity index (χ4n) is 1.71. The molecule has 0 aliphatic carbocycles. The molecule has 0 aliphatic rings. The zero-order chi connectivity index (χ0) is 14.6. The summed E-state index contributed by atoms with van der Waals surface area (Å²) in [6.45, 7) is 6.24. The monoisotopic (exact) mass is 270 g/mol. The molecule has 0 bridgehead atoms. The summed E-state index contributed by atoms with van der Waals surface area (Å²) in [5.74, 6) is 0. The van der Waals surface area contributed by atoms with E-state index in [4.69, 9.17) is 4.74 Å². The Kier molecular flexibility index (Phi) is 10.2. The molecular weight excluding hydrogens is 242 g/mol. The molecule has 0 saturated carbocycles. The van der Waals surface area contributed by atoms with Crippen molar-refractivity contribution in [2.24, 2.45) is 0 Å². The number of ether oxygens (including phenoxy) is 1. The second kappa shape index (κ2) is 10.8. The molecule has 4 nitrogen and oxygen atoms in total. The Morgan fingerprint density at radius 3 is 2.05 bits per heavy atom. The molecule has 0 aromatic heterocycles. The van der Waals surface area contributed by atoms with Gasteiger partial charge in [-0.2, -0.15) is 0 Å². The lowest BCUT2D eigenvalue weighted by molar-refractivity contribution is 0.0527. The minimum atomic E-state index is -0.428. The van der Waals surface area contributed by atoms with E-state index in [0.717, 1.165) is 25.7 Å². The highest BCUT2D eigenvalue weighted by molar-refractivity contribution is 5.67. The van der Waals surface area contributed by atoms with Gasteiger partial charge in [-0.15, -0.1) is 0 Å². The molecule has 0 atom stereocenters. The second-order valence-electron chi connectivity index (χ2n) is 5.80. The summed E-state index contributed by atoms with van der Waals surface area (Å²) in [5.41, 5.74) is -0.428. The summed E-state index contributed by atoms with van der Waals surface area (Å²) in [6, 6.07) is 0. The van der Waals surface area contributed by atoms with Gasteiger partial charge in [0.15, 0.2) is 6.29 Å². The normalized spacial score (nSPS) is 11.1. The Bertz CT molecular complexity index is 246. The minimum Gasteiger partial charge on any atom is -0.444 e. The molecule has 0 unspecified atom stereocenters. The molecule has 0 saturated heterocycles. The van der Waals surface area contributed by atoms with Crippen molar-refractivity contribution in [2.75, 3.05) is 6.54 Å². The molecule has 1 amide bonds. The van der Waals surface area contributed by atoms with Crippen molar-refractivity contribution < 1.29 is 14.3 Å². The summed E-state index contributed by atoms with van der Waals surface area (Å²) in [5, 5.41) is 2.75. The number of amides is 1. The van der Waals surface area contributed by atoms with Crippen LogP contribution < -0.4 is 5.32 Å². The lowest BCUT2D eigenvalue weighted by Gasteiger charge is -2.19. The first kappa shape index (κ1) is 17.9. The van der Waals surface area contributed by atoms with Crippen LogP contribution in [0.15, 0.2) is 0 Å². The van der Waals surface area contributed by atoms with E-state index >= 15 is 0 Å².